The van der Waals surface area contributed by atoms with Crippen LogP contribution in [0.25, 0.3) is 0 Å². The molecule has 0 aliphatic carbocycles. The standard InChI is InChI=1S/C8H11O3PS2/c1-2-11-12(9,10)14-13-8-6-4-3-5-7-8/h3-7H,2H2,1H3,(H,9,10). The highest BCUT2D eigenvalue weighted by atomic mass is 33.3. The van der Waals surface area contributed by atoms with Crippen LogP contribution in [0, 0.1) is 0 Å². The first-order chi connectivity index (χ1) is 6.64. The molecule has 6 heteroatoms. The van der Waals surface area contributed by atoms with E-state index in [0.29, 0.717) is 0 Å². The molecule has 0 saturated heterocycles. The molecule has 0 aromatic heterocycles. The van der Waals surface area contributed by atoms with E-state index in [-0.39, 0.29) is 6.61 Å². The Balaban J connectivity index is 2.45. The quantitative estimate of drug-likeness (QED) is 0.639. The summed E-state index contributed by atoms with van der Waals surface area (Å²) in [5.41, 5.74) is 0. The van der Waals surface area contributed by atoms with Gasteiger partial charge < -0.3 is 9.42 Å². The predicted molar refractivity (Wildman–Crippen MR) is 61.3 cm³/mol. The highest BCUT2D eigenvalue weighted by Gasteiger charge is 2.20. The second kappa shape index (κ2) is 5.83. The SMILES string of the molecule is CCOP(=O)(O)SSc1ccccc1. The molecule has 14 heavy (non-hydrogen) atoms. The molecular weight excluding hydrogens is 239 g/mol. The zero-order valence-electron chi connectivity index (χ0n) is 7.62. The molecule has 0 aliphatic heterocycles. The zero-order chi connectivity index (χ0) is 10.4. The van der Waals surface area contributed by atoms with Crippen molar-refractivity contribution in [3.05, 3.63) is 30.3 Å². The van der Waals surface area contributed by atoms with Gasteiger partial charge in [-0.2, -0.15) is 0 Å². The van der Waals surface area contributed by atoms with Crippen LogP contribution < -0.4 is 0 Å². The highest BCUT2D eigenvalue weighted by molar-refractivity contribution is 8.98. The fourth-order valence-corrected chi connectivity index (χ4v) is 4.90. The monoisotopic (exact) mass is 250 g/mol. The molecule has 0 radical (unpaired) electrons. The van der Waals surface area contributed by atoms with E-state index in [4.69, 9.17) is 4.52 Å². The smallest absolute Gasteiger partial charge is 0.316 e. The highest BCUT2D eigenvalue weighted by Crippen LogP contribution is 2.62. The molecule has 1 unspecified atom stereocenters. The van der Waals surface area contributed by atoms with Gasteiger partial charge in [-0.25, -0.2) is 4.57 Å². The van der Waals surface area contributed by atoms with Crippen molar-refractivity contribution in [2.75, 3.05) is 6.61 Å². The first kappa shape index (κ1) is 12.1. The third-order valence-corrected chi connectivity index (χ3v) is 6.62. The largest absolute Gasteiger partial charge is 0.397 e. The molecule has 78 valence electrons. The van der Waals surface area contributed by atoms with Crippen LogP contribution in [0.5, 0.6) is 0 Å². The topological polar surface area (TPSA) is 46.5 Å². The summed E-state index contributed by atoms with van der Waals surface area (Å²) in [6.07, 6.45) is 0. The molecule has 0 heterocycles. The molecule has 3 nitrogen and oxygen atoms in total. The first-order valence-corrected chi connectivity index (χ1v) is 8.36. The number of benzene rings is 1. The molecule has 0 fully saturated rings. The maximum absolute atomic E-state index is 11.3. The summed E-state index contributed by atoms with van der Waals surface area (Å²) < 4.78 is 16.0. The Labute approximate surface area is 90.9 Å². The molecule has 1 atom stereocenters. The van der Waals surface area contributed by atoms with E-state index in [9.17, 15) is 9.46 Å². The summed E-state index contributed by atoms with van der Waals surface area (Å²) >= 11 is 0. The predicted octanol–water partition coefficient (Wildman–Crippen LogP) is 3.56. The van der Waals surface area contributed by atoms with Crippen molar-refractivity contribution in [3.8, 4) is 0 Å². The van der Waals surface area contributed by atoms with Gasteiger partial charge in [-0.3, -0.25) is 0 Å². The van der Waals surface area contributed by atoms with E-state index in [1.54, 1.807) is 6.92 Å². The molecule has 1 N–H and O–H groups in total. The summed E-state index contributed by atoms with van der Waals surface area (Å²) in [7, 11) is 2.11. The van der Waals surface area contributed by atoms with Crippen molar-refractivity contribution in [3.63, 3.8) is 0 Å². The van der Waals surface area contributed by atoms with Gasteiger partial charge in [-0.05, 0) is 29.9 Å². The Morgan fingerprint density at radius 3 is 2.64 bits per heavy atom. The second-order valence-corrected chi connectivity index (χ2v) is 8.01. The van der Waals surface area contributed by atoms with Crippen LogP contribution in [-0.2, 0) is 9.09 Å². The third-order valence-electron chi connectivity index (χ3n) is 1.26. The molecule has 0 spiro atoms. The maximum atomic E-state index is 11.3. The molecule has 0 saturated carbocycles. The van der Waals surface area contributed by atoms with Crippen LogP contribution >= 0.6 is 28.0 Å². The summed E-state index contributed by atoms with van der Waals surface area (Å²) in [6.45, 7) is -1.54. The van der Waals surface area contributed by atoms with Gasteiger partial charge in [0.1, 0.15) is 0 Å². The van der Waals surface area contributed by atoms with Gasteiger partial charge in [0.25, 0.3) is 0 Å². The maximum Gasteiger partial charge on any atom is 0.397 e. The summed E-state index contributed by atoms with van der Waals surface area (Å²) in [5.74, 6) is 0. The van der Waals surface area contributed by atoms with Crippen molar-refractivity contribution < 1.29 is 14.0 Å². The summed E-state index contributed by atoms with van der Waals surface area (Å²) in [4.78, 5) is 10.2. The van der Waals surface area contributed by atoms with Gasteiger partial charge in [0.05, 0.1) is 6.61 Å². The molecule has 0 amide bonds. The van der Waals surface area contributed by atoms with Gasteiger partial charge >= 0.3 is 6.80 Å². The Hall–Kier alpha value is 0.0700. The molecule has 1 aromatic rings. The van der Waals surface area contributed by atoms with Crippen LogP contribution in [-0.4, -0.2) is 11.5 Å². The van der Waals surface area contributed by atoms with Crippen LogP contribution in [0.4, 0.5) is 0 Å². The molecule has 1 aromatic carbocycles. The van der Waals surface area contributed by atoms with Crippen molar-refractivity contribution in [2.24, 2.45) is 0 Å². The molecular formula is C8H11O3PS2. The Bertz CT molecular complexity index is 318. The molecule has 0 aliphatic rings. The van der Waals surface area contributed by atoms with Crippen molar-refractivity contribution in [2.45, 2.75) is 11.8 Å². The average molecular weight is 250 g/mol. The minimum atomic E-state index is -3.48. The average Bonchev–Trinajstić information content (AvgIpc) is 2.17. The van der Waals surface area contributed by atoms with Gasteiger partial charge in [0.2, 0.25) is 0 Å². The van der Waals surface area contributed by atoms with E-state index in [2.05, 4.69) is 0 Å². The third kappa shape index (κ3) is 4.53. The Morgan fingerprint density at radius 1 is 1.43 bits per heavy atom. The van der Waals surface area contributed by atoms with Crippen molar-refractivity contribution in [1.82, 2.24) is 0 Å². The van der Waals surface area contributed by atoms with Crippen molar-refractivity contribution >= 4 is 28.0 Å². The second-order valence-electron chi connectivity index (χ2n) is 2.36. The number of hydrogen-bond acceptors (Lipinski definition) is 4. The lowest BCUT2D eigenvalue weighted by molar-refractivity contribution is 0.291. The summed E-state index contributed by atoms with van der Waals surface area (Å²) in [6, 6.07) is 9.42. The zero-order valence-corrected chi connectivity index (χ0v) is 10.1. The van der Waals surface area contributed by atoms with E-state index < -0.39 is 6.80 Å². The first-order valence-electron chi connectivity index (χ1n) is 4.02. The lowest BCUT2D eigenvalue weighted by atomic mass is 10.4. The van der Waals surface area contributed by atoms with E-state index >= 15 is 0 Å². The Morgan fingerprint density at radius 2 is 2.07 bits per heavy atom. The van der Waals surface area contributed by atoms with E-state index in [1.807, 2.05) is 30.3 Å². The van der Waals surface area contributed by atoms with Gasteiger partial charge in [-0.15, -0.1) is 0 Å². The lowest BCUT2D eigenvalue weighted by Gasteiger charge is -2.08. The minimum Gasteiger partial charge on any atom is -0.316 e. The molecule has 0 bridgehead atoms. The van der Waals surface area contributed by atoms with Crippen LogP contribution in [0.15, 0.2) is 35.2 Å². The number of rotatable bonds is 5. The van der Waals surface area contributed by atoms with E-state index in [0.717, 1.165) is 15.3 Å². The van der Waals surface area contributed by atoms with Crippen molar-refractivity contribution in [1.29, 1.82) is 0 Å². The minimum absolute atomic E-state index is 0.246. The Kier molecular flexibility index (Phi) is 5.06. The molecule has 1 rings (SSSR count). The van der Waals surface area contributed by atoms with Crippen LogP contribution in [0.2, 0.25) is 0 Å². The van der Waals surface area contributed by atoms with Gasteiger partial charge in [0, 0.05) is 15.3 Å². The fraction of sp³-hybridized carbons (Fsp3) is 0.250. The van der Waals surface area contributed by atoms with Crippen LogP contribution in [0.3, 0.4) is 0 Å². The fourth-order valence-electron chi connectivity index (χ4n) is 0.751. The van der Waals surface area contributed by atoms with Gasteiger partial charge in [-0.1, -0.05) is 18.2 Å². The summed E-state index contributed by atoms with van der Waals surface area (Å²) in [5, 5.41) is 0. The lowest BCUT2D eigenvalue weighted by Crippen LogP contribution is -1.82. The van der Waals surface area contributed by atoms with Gasteiger partial charge in [0.15, 0.2) is 0 Å². The van der Waals surface area contributed by atoms with E-state index in [1.165, 1.54) is 10.8 Å². The number of hydrogen-bond donors (Lipinski definition) is 1. The normalized spacial score (nSPS) is 15.0. The van der Waals surface area contributed by atoms with Crippen LogP contribution in [0.1, 0.15) is 6.92 Å².